The fraction of sp³-hybridized carbons (Fsp3) is 0.357. The van der Waals surface area contributed by atoms with Gasteiger partial charge in [-0.2, -0.15) is 0 Å². The van der Waals surface area contributed by atoms with Crippen molar-refractivity contribution in [2.24, 2.45) is 0 Å². The number of para-hydroxylation sites is 1. The molecule has 0 saturated carbocycles. The van der Waals surface area contributed by atoms with Gasteiger partial charge in [-0.3, -0.25) is 14.5 Å². The normalized spacial score (nSPS) is 21.4. The third kappa shape index (κ3) is 2.86. The first kappa shape index (κ1) is 15.0. The summed E-state index contributed by atoms with van der Waals surface area (Å²) in [6.45, 7) is 2.91. The number of amides is 4. The van der Waals surface area contributed by atoms with Gasteiger partial charge in [-0.05, 0) is 25.5 Å². The summed E-state index contributed by atoms with van der Waals surface area (Å²) in [7, 11) is 0. The zero-order chi connectivity index (χ0) is 15.6. The standard InChI is InChI=1S/C14H16FN3O3/c1-3-14(2)12(20)18(13(21)17-14)8-11(19)16-10-7-5-4-6-9(10)15/h4-7H,3,8H2,1-2H3,(H,16,19)(H,17,21)/t14-/m1/s1. The molecule has 4 amide bonds. The molecule has 2 N–H and O–H groups in total. The Morgan fingerprint density at radius 1 is 1.38 bits per heavy atom. The van der Waals surface area contributed by atoms with Crippen molar-refractivity contribution < 1.29 is 18.8 Å². The van der Waals surface area contributed by atoms with Gasteiger partial charge >= 0.3 is 6.03 Å². The first-order valence-corrected chi connectivity index (χ1v) is 6.56. The topological polar surface area (TPSA) is 78.5 Å². The van der Waals surface area contributed by atoms with Crippen LogP contribution in [0.1, 0.15) is 20.3 Å². The monoisotopic (exact) mass is 293 g/mol. The molecule has 1 heterocycles. The van der Waals surface area contributed by atoms with Gasteiger partial charge in [0.15, 0.2) is 0 Å². The van der Waals surface area contributed by atoms with Crippen molar-refractivity contribution in [3.05, 3.63) is 30.1 Å². The molecule has 6 nitrogen and oxygen atoms in total. The highest BCUT2D eigenvalue weighted by Crippen LogP contribution is 2.20. The summed E-state index contributed by atoms with van der Waals surface area (Å²) in [5.41, 5.74) is -0.983. The molecule has 0 spiro atoms. The Morgan fingerprint density at radius 2 is 2.05 bits per heavy atom. The molecule has 0 radical (unpaired) electrons. The maximum absolute atomic E-state index is 13.4. The lowest BCUT2D eigenvalue weighted by molar-refractivity contribution is -0.133. The number of benzene rings is 1. The molecule has 1 aromatic rings. The van der Waals surface area contributed by atoms with E-state index in [9.17, 15) is 18.8 Å². The second-order valence-electron chi connectivity index (χ2n) is 5.04. The Hall–Kier alpha value is -2.44. The van der Waals surface area contributed by atoms with Crippen LogP contribution in [0, 0.1) is 5.82 Å². The van der Waals surface area contributed by atoms with Gasteiger partial charge in [0.05, 0.1) is 5.69 Å². The fourth-order valence-electron chi connectivity index (χ4n) is 2.03. The number of hydrogen-bond donors (Lipinski definition) is 2. The van der Waals surface area contributed by atoms with Crippen LogP contribution < -0.4 is 10.6 Å². The van der Waals surface area contributed by atoms with Crippen LogP contribution in [0.3, 0.4) is 0 Å². The summed E-state index contributed by atoms with van der Waals surface area (Å²) in [4.78, 5) is 36.6. The molecular weight excluding hydrogens is 277 g/mol. The quantitative estimate of drug-likeness (QED) is 0.825. The van der Waals surface area contributed by atoms with Crippen LogP contribution in [0.5, 0.6) is 0 Å². The summed E-state index contributed by atoms with van der Waals surface area (Å²) >= 11 is 0. The lowest BCUT2D eigenvalue weighted by atomic mass is 9.99. The van der Waals surface area contributed by atoms with E-state index in [0.717, 1.165) is 4.90 Å². The molecule has 21 heavy (non-hydrogen) atoms. The summed E-state index contributed by atoms with van der Waals surface area (Å²) < 4.78 is 13.4. The average Bonchev–Trinajstić information content (AvgIpc) is 2.66. The van der Waals surface area contributed by atoms with Crippen LogP contribution in [0.2, 0.25) is 0 Å². The van der Waals surface area contributed by atoms with Crippen LogP contribution >= 0.6 is 0 Å². The van der Waals surface area contributed by atoms with E-state index in [-0.39, 0.29) is 5.69 Å². The van der Waals surface area contributed by atoms with Gasteiger partial charge in [0, 0.05) is 0 Å². The van der Waals surface area contributed by atoms with Crippen LogP contribution in [0.4, 0.5) is 14.9 Å². The highest BCUT2D eigenvalue weighted by Gasteiger charge is 2.46. The Bertz CT molecular complexity index is 605. The molecule has 0 aromatic heterocycles. The highest BCUT2D eigenvalue weighted by atomic mass is 19.1. The highest BCUT2D eigenvalue weighted by molar-refractivity contribution is 6.09. The number of nitrogens with zero attached hydrogens (tertiary/aromatic N) is 1. The molecule has 0 bridgehead atoms. The predicted octanol–water partition coefficient (Wildman–Crippen LogP) is 1.48. The number of carbonyl (C=O) groups is 3. The van der Waals surface area contributed by atoms with E-state index in [1.54, 1.807) is 19.9 Å². The van der Waals surface area contributed by atoms with Crippen LogP contribution in [0.25, 0.3) is 0 Å². The third-order valence-electron chi connectivity index (χ3n) is 3.50. The van der Waals surface area contributed by atoms with Crippen molar-refractivity contribution >= 4 is 23.5 Å². The number of carbonyl (C=O) groups excluding carboxylic acids is 3. The Balaban J connectivity index is 2.05. The minimum atomic E-state index is -0.991. The summed E-state index contributed by atoms with van der Waals surface area (Å²) in [6, 6.07) is 5.05. The predicted molar refractivity (Wildman–Crippen MR) is 74.0 cm³/mol. The Kier molecular flexibility index (Phi) is 3.93. The van der Waals surface area contributed by atoms with Gasteiger partial charge < -0.3 is 10.6 Å². The van der Waals surface area contributed by atoms with Gasteiger partial charge in [0.2, 0.25) is 5.91 Å². The maximum atomic E-state index is 13.4. The molecule has 1 saturated heterocycles. The number of hydrogen-bond acceptors (Lipinski definition) is 3. The van der Waals surface area contributed by atoms with Crippen LogP contribution in [-0.4, -0.2) is 34.8 Å². The van der Waals surface area contributed by atoms with E-state index in [2.05, 4.69) is 10.6 Å². The minimum Gasteiger partial charge on any atom is -0.323 e. The number of imide groups is 1. The summed E-state index contributed by atoms with van der Waals surface area (Å²) in [5.74, 6) is -1.68. The first-order chi connectivity index (χ1) is 9.87. The largest absolute Gasteiger partial charge is 0.325 e. The zero-order valence-electron chi connectivity index (χ0n) is 11.8. The number of anilines is 1. The van der Waals surface area contributed by atoms with E-state index in [1.165, 1.54) is 18.2 Å². The Morgan fingerprint density at radius 3 is 2.62 bits per heavy atom. The molecular formula is C14H16FN3O3. The number of rotatable bonds is 4. The van der Waals surface area contributed by atoms with E-state index >= 15 is 0 Å². The lowest BCUT2D eigenvalue weighted by Crippen LogP contribution is -2.44. The average molecular weight is 293 g/mol. The van der Waals surface area contributed by atoms with Crippen molar-refractivity contribution in [1.29, 1.82) is 0 Å². The number of halogens is 1. The first-order valence-electron chi connectivity index (χ1n) is 6.56. The smallest absolute Gasteiger partial charge is 0.323 e. The van der Waals surface area contributed by atoms with Gasteiger partial charge in [0.1, 0.15) is 17.9 Å². The van der Waals surface area contributed by atoms with Crippen LogP contribution in [-0.2, 0) is 9.59 Å². The van der Waals surface area contributed by atoms with Gasteiger partial charge in [0.25, 0.3) is 5.91 Å². The summed E-state index contributed by atoms with van der Waals surface area (Å²) in [6.07, 6.45) is 0.420. The van der Waals surface area contributed by atoms with Crippen molar-refractivity contribution in [3.63, 3.8) is 0 Å². The fourth-order valence-corrected chi connectivity index (χ4v) is 2.03. The number of nitrogens with one attached hydrogen (secondary N) is 2. The third-order valence-corrected chi connectivity index (χ3v) is 3.50. The van der Waals surface area contributed by atoms with E-state index in [0.29, 0.717) is 6.42 Å². The molecule has 1 aliphatic rings. The molecule has 0 aliphatic carbocycles. The van der Waals surface area contributed by atoms with Gasteiger partial charge in [-0.25, -0.2) is 9.18 Å². The van der Waals surface area contributed by atoms with Gasteiger partial charge in [-0.1, -0.05) is 19.1 Å². The lowest BCUT2D eigenvalue weighted by Gasteiger charge is -2.19. The molecule has 1 fully saturated rings. The molecule has 0 unspecified atom stereocenters. The van der Waals surface area contributed by atoms with Crippen molar-refractivity contribution in [2.75, 3.05) is 11.9 Å². The van der Waals surface area contributed by atoms with E-state index in [4.69, 9.17) is 0 Å². The molecule has 112 valence electrons. The van der Waals surface area contributed by atoms with Crippen molar-refractivity contribution in [2.45, 2.75) is 25.8 Å². The van der Waals surface area contributed by atoms with E-state index < -0.39 is 35.7 Å². The SMILES string of the molecule is CC[C@@]1(C)NC(=O)N(CC(=O)Nc2ccccc2F)C1=O. The van der Waals surface area contributed by atoms with E-state index in [1.807, 2.05) is 0 Å². The van der Waals surface area contributed by atoms with Gasteiger partial charge in [-0.15, -0.1) is 0 Å². The zero-order valence-corrected chi connectivity index (χ0v) is 11.8. The molecule has 2 rings (SSSR count). The van der Waals surface area contributed by atoms with Crippen LogP contribution in [0.15, 0.2) is 24.3 Å². The Labute approximate surface area is 121 Å². The molecule has 1 aromatic carbocycles. The minimum absolute atomic E-state index is 0.00723. The molecule has 7 heteroatoms. The second kappa shape index (κ2) is 5.51. The summed E-state index contributed by atoms with van der Waals surface area (Å²) in [5, 5.41) is 4.88. The number of urea groups is 1. The van der Waals surface area contributed by atoms with Crippen molar-refractivity contribution in [3.8, 4) is 0 Å². The van der Waals surface area contributed by atoms with Crippen molar-refractivity contribution in [1.82, 2.24) is 10.2 Å². The maximum Gasteiger partial charge on any atom is 0.325 e. The molecule has 1 atom stereocenters. The second-order valence-corrected chi connectivity index (χ2v) is 5.04. The molecule has 1 aliphatic heterocycles.